The van der Waals surface area contributed by atoms with Crippen molar-refractivity contribution < 1.29 is 0 Å². The Morgan fingerprint density at radius 1 is 0.941 bits per heavy atom. The van der Waals surface area contributed by atoms with Crippen LogP contribution in [0.1, 0.15) is 29.7 Å². The van der Waals surface area contributed by atoms with Crippen molar-refractivity contribution in [1.82, 2.24) is 0 Å². The van der Waals surface area contributed by atoms with Gasteiger partial charge in [-0.1, -0.05) is 60.2 Å². The molecule has 0 fully saturated rings. The summed E-state index contributed by atoms with van der Waals surface area (Å²) in [6.07, 6.45) is 1.94. The maximum atomic E-state index is 4.57. The average molecular weight is 223 g/mol. The number of aryl methyl sites for hydroxylation is 1. The Labute approximate surface area is 103 Å². The molecule has 2 rings (SSSR count). The topological polar surface area (TPSA) is 12.4 Å². The van der Waals surface area contributed by atoms with Crippen molar-refractivity contribution in [3.63, 3.8) is 0 Å². The molecule has 0 saturated heterocycles. The molecule has 0 aliphatic rings. The highest BCUT2D eigenvalue weighted by Gasteiger charge is 2.00. The first kappa shape index (κ1) is 11.6. The van der Waals surface area contributed by atoms with Gasteiger partial charge in [-0.2, -0.15) is 0 Å². The lowest BCUT2D eigenvalue weighted by molar-refractivity contribution is 0.824. The Hall–Kier alpha value is -1.89. The summed E-state index contributed by atoms with van der Waals surface area (Å²) >= 11 is 0. The SMILES string of the molecule is Cc1ccc([C@@H](C)N=Cc2ccccc2)cc1. The van der Waals surface area contributed by atoms with Gasteiger partial charge in [-0.05, 0) is 25.0 Å². The van der Waals surface area contributed by atoms with Crippen LogP contribution in [-0.4, -0.2) is 6.21 Å². The van der Waals surface area contributed by atoms with Crippen molar-refractivity contribution >= 4 is 6.21 Å². The predicted molar refractivity (Wildman–Crippen MR) is 73.6 cm³/mol. The van der Waals surface area contributed by atoms with Gasteiger partial charge >= 0.3 is 0 Å². The van der Waals surface area contributed by atoms with Gasteiger partial charge in [-0.3, -0.25) is 4.99 Å². The average Bonchev–Trinajstić information content (AvgIpc) is 2.38. The number of rotatable bonds is 3. The largest absolute Gasteiger partial charge is 0.285 e. The number of aliphatic imine (C=N–C) groups is 1. The highest BCUT2D eigenvalue weighted by atomic mass is 14.8. The first-order valence-electron chi connectivity index (χ1n) is 5.90. The smallest absolute Gasteiger partial charge is 0.0721 e. The van der Waals surface area contributed by atoms with Gasteiger partial charge in [0.05, 0.1) is 6.04 Å². The second kappa shape index (κ2) is 5.44. The zero-order valence-corrected chi connectivity index (χ0v) is 10.3. The van der Waals surface area contributed by atoms with E-state index in [4.69, 9.17) is 0 Å². The molecule has 2 aromatic carbocycles. The molecular weight excluding hydrogens is 206 g/mol. The molecule has 0 unspecified atom stereocenters. The first-order chi connectivity index (χ1) is 8.25. The second-order valence-corrected chi connectivity index (χ2v) is 4.28. The maximum Gasteiger partial charge on any atom is 0.0721 e. The van der Waals surface area contributed by atoms with Crippen LogP contribution in [0.15, 0.2) is 59.6 Å². The Morgan fingerprint density at radius 2 is 1.59 bits per heavy atom. The van der Waals surface area contributed by atoms with Gasteiger partial charge in [0.1, 0.15) is 0 Å². The summed E-state index contributed by atoms with van der Waals surface area (Å²) in [5.74, 6) is 0. The highest BCUT2D eigenvalue weighted by Crippen LogP contribution is 2.16. The lowest BCUT2D eigenvalue weighted by Gasteiger charge is -2.06. The predicted octanol–water partition coefficient (Wildman–Crippen LogP) is 4.18. The number of hydrogen-bond acceptors (Lipinski definition) is 1. The lowest BCUT2D eigenvalue weighted by Crippen LogP contribution is -1.91. The fraction of sp³-hybridized carbons (Fsp3) is 0.188. The van der Waals surface area contributed by atoms with Crippen LogP contribution in [0.3, 0.4) is 0 Å². The minimum absolute atomic E-state index is 0.204. The Kier molecular flexibility index (Phi) is 3.71. The molecule has 1 nitrogen and oxygen atoms in total. The summed E-state index contributed by atoms with van der Waals surface area (Å²) in [6.45, 7) is 4.21. The first-order valence-corrected chi connectivity index (χ1v) is 5.90. The molecule has 0 radical (unpaired) electrons. The minimum atomic E-state index is 0.204. The molecular formula is C16H17N. The third-order valence-electron chi connectivity index (χ3n) is 2.81. The standard InChI is InChI=1S/C16H17N/c1-13-8-10-16(11-9-13)14(2)17-12-15-6-4-3-5-7-15/h3-12,14H,1-2H3/t14-/m1/s1. The van der Waals surface area contributed by atoms with E-state index in [-0.39, 0.29) is 6.04 Å². The van der Waals surface area contributed by atoms with Crippen LogP contribution in [0.4, 0.5) is 0 Å². The molecule has 0 bridgehead atoms. The van der Waals surface area contributed by atoms with E-state index in [0.717, 1.165) is 5.56 Å². The van der Waals surface area contributed by atoms with E-state index in [9.17, 15) is 0 Å². The van der Waals surface area contributed by atoms with E-state index in [1.54, 1.807) is 0 Å². The van der Waals surface area contributed by atoms with E-state index in [2.05, 4.69) is 55.2 Å². The van der Waals surface area contributed by atoms with Crippen molar-refractivity contribution in [2.75, 3.05) is 0 Å². The van der Waals surface area contributed by atoms with Crippen molar-refractivity contribution in [2.45, 2.75) is 19.9 Å². The molecule has 0 spiro atoms. The third-order valence-corrected chi connectivity index (χ3v) is 2.81. The molecule has 86 valence electrons. The summed E-state index contributed by atoms with van der Waals surface area (Å²) in [4.78, 5) is 4.57. The number of nitrogens with zero attached hydrogens (tertiary/aromatic N) is 1. The zero-order valence-electron chi connectivity index (χ0n) is 10.3. The van der Waals surface area contributed by atoms with Gasteiger partial charge in [-0.25, -0.2) is 0 Å². The Balaban J connectivity index is 2.09. The van der Waals surface area contributed by atoms with Gasteiger partial charge in [0.25, 0.3) is 0 Å². The van der Waals surface area contributed by atoms with E-state index in [0.29, 0.717) is 0 Å². The van der Waals surface area contributed by atoms with Gasteiger partial charge in [-0.15, -0.1) is 0 Å². The van der Waals surface area contributed by atoms with Gasteiger partial charge < -0.3 is 0 Å². The highest BCUT2D eigenvalue weighted by molar-refractivity contribution is 5.79. The number of hydrogen-bond donors (Lipinski definition) is 0. The number of benzene rings is 2. The molecule has 0 aliphatic carbocycles. The van der Waals surface area contributed by atoms with Gasteiger partial charge in [0, 0.05) is 6.21 Å². The summed E-state index contributed by atoms with van der Waals surface area (Å²) in [5, 5.41) is 0. The molecule has 0 amide bonds. The summed E-state index contributed by atoms with van der Waals surface area (Å²) in [7, 11) is 0. The van der Waals surface area contributed by atoms with Crippen LogP contribution in [0.5, 0.6) is 0 Å². The minimum Gasteiger partial charge on any atom is -0.285 e. The van der Waals surface area contributed by atoms with E-state index >= 15 is 0 Å². The Morgan fingerprint density at radius 3 is 2.24 bits per heavy atom. The molecule has 0 N–H and O–H groups in total. The van der Waals surface area contributed by atoms with E-state index < -0.39 is 0 Å². The van der Waals surface area contributed by atoms with Crippen molar-refractivity contribution in [3.8, 4) is 0 Å². The second-order valence-electron chi connectivity index (χ2n) is 4.28. The molecule has 2 aromatic rings. The van der Waals surface area contributed by atoms with Crippen LogP contribution in [0.25, 0.3) is 0 Å². The third kappa shape index (κ3) is 3.28. The van der Waals surface area contributed by atoms with Crippen LogP contribution >= 0.6 is 0 Å². The summed E-state index contributed by atoms with van der Waals surface area (Å²) in [6, 6.07) is 18.9. The molecule has 0 aromatic heterocycles. The van der Waals surface area contributed by atoms with E-state index in [1.165, 1.54) is 11.1 Å². The molecule has 1 heteroatoms. The maximum absolute atomic E-state index is 4.57. The molecule has 17 heavy (non-hydrogen) atoms. The van der Waals surface area contributed by atoms with Crippen LogP contribution in [0, 0.1) is 6.92 Å². The van der Waals surface area contributed by atoms with Gasteiger partial charge in [0.2, 0.25) is 0 Å². The summed E-state index contributed by atoms with van der Waals surface area (Å²) in [5.41, 5.74) is 3.68. The van der Waals surface area contributed by atoms with Crippen LogP contribution < -0.4 is 0 Å². The normalized spacial score (nSPS) is 12.8. The van der Waals surface area contributed by atoms with Crippen LogP contribution in [-0.2, 0) is 0 Å². The monoisotopic (exact) mass is 223 g/mol. The fourth-order valence-electron chi connectivity index (χ4n) is 1.67. The Bertz CT molecular complexity index is 483. The van der Waals surface area contributed by atoms with Crippen LogP contribution in [0.2, 0.25) is 0 Å². The molecule has 0 saturated carbocycles. The fourth-order valence-corrected chi connectivity index (χ4v) is 1.67. The lowest BCUT2D eigenvalue weighted by atomic mass is 10.1. The summed E-state index contributed by atoms with van der Waals surface area (Å²) < 4.78 is 0. The molecule has 0 heterocycles. The van der Waals surface area contributed by atoms with Crippen molar-refractivity contribution in [1.29, 1.82) is 0 Å². The van der Waals surface area contributed by atoms with E-state index in [1.807, 2.05) is 24.4 Å². The molecule has 0 aliphatic heterocycles. The molecule has 1 atom stereocenters. The van der Waals surface area contributed by atoms with Crippen molar-refractivity contribution in [2.24, 2.45) is 4.99 Å². The van der Waals surface area contributed by atoms with Crippen molar-refractivity contribution in [3.05, 3.63) is 71.3 Å². The van der Waals surface area contributed by atoms with Gasteiger partial charge in [0.15, 0.2) is 0 Å². The zero-order chi connectivity index (χ0) is 12.1. The quantitative estimate of drug-likeness (QED) is 0.692.